The Balaban J connectivity index is 3.74. The number of unbranched alkanes of at least 4 members (excludes halogenated alkanes) is 11. The Labute approximate surface area is 173 Å². The number of ether oxygens (including phenoxy) is 2. The van der Waals surface area contributed by atoms with Gasteiger partial charge in [0.25, 0.3) is 0 Å². The molecule has 0 aliphatic carbocycles. The minimum absolute atomic E-state index is 0.0384. The normalized spacial score (nSPS) is 12.0. The van der Waals surface area contributed by atoms with Gasteiger partial charge in [-0.25, -0.2) is 9.59 Å². The minimum Gasteiger partial charge on any atom is -0.464 e. The third-order valence-electron chi connectivity index (χ3n) is 4.92. The molecule has 0 saturated heterocycles. The van der Waals surface area contributed by atoms with Gasteiger partial charge in [-0.15, -0.1) is 0 Å². The van der Waals surface area contributed by atoms with Gasteiger partial charge in [0.05, 0.1) is 13.2 Å². The van der Waals surface area contributed by atoms with Crippen LogP contribution >= 0.6 is 0 Å². The third-order valence-corrected chi connectivity index (χ3v) is 4.92. The number of rotatable bonds is 18. The van der Waals surface area contributed by atoms with Crippen LogP contribution in [0.1, 0.15) is 111 Å². The van der Waals surface area contributed by atoms with E-state index >= 15 is 0 Å². The Morgan fingerprint density at radius 1 is 0.679 bits per heavy atom. The van der Waals surface area contributed by atoms with E-state index in [1.807, 2.05) is 20.8 Å². The maximum Gasteiger partial charge on any atom is 0.407 e. The molecule has 0 bridgehead atoms. The van der Waals surface area contributed by atoms with Crippen molar-refractivity contribution in [2.24, 2.45) is 5.92 Å². The smallest absolute Gasteiger partial charge is 0.407 e. The molecule has 0 aromatic carbocycles. The zero-order valence-corrected chi connectivity index (χ0v) is 18.9. The molecule has 0 aliphatic heterocycles. The van der Waals surface area contributed by atoms with Gasteiger partial charge >= 0.3 is 12.1 Å². The topological polar surface area (TPSA) is 64.6 Å². The summed E-state index contributed by atoms with van der Waals surface area (Å²) in [6.07, 6.45) is 15.1. The second kappa shape index (κ2) is 19.1. The first-order chi connectivity index (χ1) is 13.5. The highest BCUT2D eigenvalue weighted by atomic mass is 16.6. The van der Waals surface area contributed by atoms with Crippen molar-refractivity contribution >= 4 is 12.1 Å². The van der Waals surface area contributed by atoms with Crippen LogP contribution in [-0.2, 0) is 14.3 Å². The van der Waals surface area contributed by atoms with Crippen LogP contribution in [0.3, 0.4) is 0 Å². The highest BCUT2D eigenvalue weighted by Gasteiger charge is 2.26. The number of hydrogen-bond donors (Lipinski definition) is 1. The summed E-state index contributed by atoms with van der Waals surface area (Å²) in [4.78, 5) is 24.0. The van der Waals surface area contributed by atoms with Crippen molar-refractivity contribution in [2.45, 2.75) is 117 Å². The highest BCUT2D eigenvalue weighted by Crippen LogP contribution is 2.11. The van der Waals surface area contributed by atoms with Gasteiger partial charge in [0.1, 0.15) is 6.04 Å². The molecule has 28 heavy (non-hydrogen) atoms. The van der Waals surface area contributed by atoms with Crippen molar-refractivity contribution in [3.63, 3.8) is 0 Å². The van der Waals surface area contributed by atoms with E-state index in [-0.39, 0.29) is 11.9 Å². The quantitative estimate of drug-likeness (QED) is 0.214. The lowest BCUT2D eigenvalue weighted by Gasteiger charge is -2.20. The molecule has 166 valence electrons. The summed E-state index contributed by atoms with van der Waals surface area (Å²) in [5.74, 6) is -0.405. The molecule has 0 spiro atoms. The van der Waals surface area contributed by atoms with Gasteiger partial charge in [-0.2, -0.15) is 0 Å². The number of carbonyl (C=O) groups is 2. The van der Waals surface area contributed by atoms with Crippen LogP contribution in [0.25, 0.3) is 0 Å². The predicted octanol–water partition coefficient (Wildman–Crippen LogP) is 6.39. The van der Waals surface area contributed by atoms with Gasteiger partial charge in [-0.05, 0) is 18.8 Å². The Morgan fingerprint density at radius 2 is 1.14 bits per heavy atom. The molecule has 0 radical (unpaired) electrons. The van der Waals surface area contributed by atoms with Crippen molar-refractivity contribution in [3.8, 4) is 0 Å². The molecule has 0 rings (SSSR count). The lowest BCUT2D eigenvalue weighted by atomic mass is 10.1. The fourth-order valence-corrected chi connectivity index (χ4v) is 3.00. The summed E-state index contributed by atoms with van der Waals surface area (Å²) in [7, 11) is 0. The van der Waals surface area contributed by atoms with Crippen molar-refractivity contribution in [3.05, 3.63) is 0 Å². The summed E-state index contributed by atoms with van der Waals surface area (Å²) in [5.41, 5.74) is 0. The fraction of sp³-hybridized carbons (Fsp3) is 0.913. The zero-order chi connectivity index (χ0) is 21.0. The number of nitrogens with one attached hydrogen (secondary N) is 1. The molecule has 1 amide bonds. The first-order valence-corrected chi connectivity index (χ1v) is 11.6. The van der Waals surface area contributed by atoms with E-state index in [1.54, 1.807) is 0 Å². The molecule has 0 aromatic rings. The van der Waals surface area contributed by atoms with Gasteiger partial charge in [0.15, 0.2) is 0 Å². The molecule has 5 nitrogen and oxygen atoms in total. The van der Waals surface area contributed by atoms with Crippen LogP contribution in [0.4, 0.5) is 4.79 Å². The summed E-state index contributed by atoms with van der Waals surface area (Å²) >= 11 is 0. The number of alkyl carbamates (subject to hydrolysis) is 1. The van der Waals surface area contributed by atoms with Crippen LogP contribution in [0, 0.1) is 5.92 Å². The Hall–Kier alpha value is -1.26. The van der Waals surface area contributed by atoms with E-state index in [1.165, 1.54) is 57.8 Å². The first-order valence-electron chi connectivity index (χ1n) is 11.6. The number of hydrogen-bond acceptors (Lipinski definition) is 4. The van der Waals surface area contributed by atoms with E-state index in [9.17, 15) is 9.59 Å². The molecule has 0 fully saturated rings. The Morgan fingerprint density at radius 3 is 1.64 bits per heavy atom. The first kappa shape index (κ1) is 26.7. The summed E-state index contributed by atoms with van der Waals surface area (Å²) in [6.45, 7) is 8.86. The van der Waals surface area contributed by atoms with E-state index in [2.05, 4.69) is 12.2 Å². The molecule has 0 aliphatic rings. The predicted molar refractivity (Wildman–Crippen MR) is 115 cm³/mol. The average Bonchev–Trinajstić information content (AvgIpc) is 2.66. The van der Waals surface area contributed by atoms with Crippen LogP contribution in [0.5, 0.6) is 0 Å². The highest BCUT2D eigenvalue weighted by molar-refractivity contribution is 5.81. The molecule has 0 unspecified atom stereocenters. The van der Waals surface area contributed by atoms with E-state index in [0.29, 0.717) is 13.2 Å². The monoisotopic (exact) mass is 399 g/mol. The van der Waals surface area contributed by atoms with Crippen molar-refractivity contribution in [1.29, 1.82) is 0 Å². The molecule has 5 heteroatoms. The van der Waals surface area contributed by atoms with Gasteiger partial charge in [0.2, 0.25) is 0 Å². The van der Waals surface area contributed by atoms with Gasteiger partial charge < -0.3 is 14.8 Å². The SMILES string of the molecule is CCCCCCCCCCCCCOC(=O)[C@@H](NC(=O)OCCCC)C(C)C. The minimum atomic E-state index is -0.651. The number of esters is 1. The van der Waals surface area contributed by atoms with Gasteiger partial charge in [0, 0.05) is 0 Å². The molecular formula is C23H45NO4. The van der Waals surface area contributed by atoms with Crippen LogP contribution in [0.15, 0.2) is 0 Å². The van der Waals surface area contributed by atoms with Crippen LogP contribution in [0.2, 0.25) is 0 Å². The molecule has 1 atom stereocenters. The number of carbonyl (C=O) groups excluding carboxylic acids is 2. The van der Waals surface area contributed by atoms with Crippen LogP contribution in [-0.4, -0.2) is 31.3 Å². The third kappa shape index (κ3) is 15.8. The largest absolute Gasteiger partial charge is 0.464 e. The second-order valence-corrected chi connectivity index (χ2v) is 8.06. The maximum atomic E-state index is 12.2. The standard InChI is InChI=1S/C23H45NO4/c1-5-7-9-10-11-12-13-14-15-16-17-19-27-22(25)21(20(3)4)24-23(26)28-18-8-6-2/h20-21H,5-19H2,1-4H3,(H,24,26)/t21-/m0/s1. The van der Waals surface area contributed by atoms with Crippen LogP contribution < -0.4 is 5.32 Å². The van der Waals surface area contributed by atoms with Crippen molar-refractivity contribution in [2.75, 3.05) is 13.2 Å². The maximum absolute atomic E-state index is 12.2. The molecule has 0 saturated carbocycles. The number of amides is 1. The molecule has 0 heterocycles. The summed E-state index contributed by atoms with van der Waals surface area (Å²) < 4.78 is 10.4. The van der Waals surface area contributed by atoms with Crippen molar-refractivity contribution in [1.82, 2.24) is 5.32 Å². The molecule has 1 N–H and O–H groups in total. The lowest BCUT2D eigenvalue weighted by Crippen LogP contribution is -2.45. The summed E-state index contributed by atoms with van der Waals surface area (Å²) in [6, 6.07) is -0.651. The fourth-order valence-electron chi connectivity index (χ4n) is 3.00. The lowest BCUT2D eigenvalue weighted by molar-refractivity contribution is -0.147. The average molecular weight is 400 g/mol. The van der Waals surface area contributed by atoms with E-state index < -0.39 is 12.1 Å². The van der Waals surface area contributed by atoms with Gasteiger partial charge in [-0.1, -0.05) is 98.3 Å². The van der Waals surface area contributed by atoms with E-state index in [4.69, 9.17) is 9.47 Å². The zero-order valence-electron chi connectivity index (χ0n) is 18.9. The molecule has 0 aromatic heterocycles. The Bertz CT molecular complexity index is 385. The second-order valence-electron chi connectivity index (χ2n) is 8.06. The summed E-state index contributed by atoms with van der Waals surface area (Å²) in [5, 5.41) is 2.63. The van der Waals surface area contributed by atoms with E-state index in [0.717, 1.165) is 25.7 Å². The van der Waals surface area contributed by atoms with Crippen molar-refractivity contribution < 1.29 is 19.1 Å². The Kier molecular flexibility index (Phi) is 18.2. The molecular weight excluding hydrogens is 354 g/mol. The van der Waals surface area contributed by atoms with Gasteiger partial charge in [-0.3, -0.25) is 0 Å².